The van der Waals surface area contributed by atoms with Crippen molar-refractivity contribution < 1.29 is 9.18 Å². The van der Waals surface area contributed by atoms with Crippen molar-refractivity contribution in [2.45, 2.75) is 58.7 Å². The average Bonchev–Trinajstić information content (AvgIpc) is 3.43. The van der Waals surface area contributed by atoms with Crippen LogP contribution in [0.5, 0.6) is 0 Å². The molecule has 158 valence electrons. The van der Waals surface area contributed by atoms with Crippen molar-refractivity contribution in [2.75, 3.05) is 23.4 Å². The fourth-order valence-electron chi connectivity index (χ4n) is 3.52. The van der Waals surface area contributed by atoms with Crippen LogP contribution in [-0.2, 0) is 11.3 Å². The molecule has 1 amide bonds. The first kappa shape index (κ1) is 21.7. The van der Waals surface area contributed by atoms with Gasteiger partial charge in [0.2, 0.25) is 5.91 Å². The number of halogens is 1. The van der Waals surface area contributed by atoms with E-state index >= 15 is 0 Å². The number of hydrogen-bond acceptors (Lipinski definition) is 5. The molecule has 1 N–H and O–H groups in total. The smallest absolute Gasteiger partial charge is 0.244 e. The van der Waals surface area contributed by atoms with Gasteiger partial charge >= 0.3 is 0 Å². The fraction of sp³-hybridized carbons (Fsp3) is 0.545. The van der Waals surface area contributed by atoms with Crippen molar-refractivity contribution in [1.82, 2.24) is 10.3 Å². The van der Waals surface area contributed by atoms with Crippen molar-refractivity contribution in [2.24, 2.45) is 5.92 Å². The predicted molar refractivity (Wildman–Crippen MR) is 118 cm³/mol. The molecule has 1 aliphatic carbocycles. The summed E-state index contributed by atoms with van der Waals surface area (Å²) in [5.41, 5.74) is 1.55. The van der Waals surface area contributed by atoms with E-state index in [-0.39, 0.29) is 17.8 Å². The van der Waals surface area contributed by atoms with Gasteiger partial charge in [-0.1, -0.05) is 13.8 Å². The molecule has 1 unspecified atom stereocenters. The molecule has 1 saturated carbocycles. The van der Waals surface area contributed by atoms with Crippen LogP contribution in [0.1, 0.15) is 45.7 Å². The third-order valence-corrected chi connectivity index (χ3v) is 6.12. The standard InChI is InChI=1S/C22H31FN4OS/c1-5-26(18-10-11-18)22-25-17(14-29-22)13-27(19-8-6-16(23)7-9-19)21(28)20(24-4)12-15(2)3/h6-9,14-15,18,20,24H,5,10-13H2,1-4H3. The first-order valence-corrected chi connectivity index (χ1v) is 11.3. The van der Waals surface area contributed by atoms with Crippen LogP contribution in [0.4, 0.5) is 15.2 Å². The second-order valence-corrected chi connectivity index (χ2v) is 8.85. The molecule has 1 fully saturated rings. The molecule has 7 heteroatoms. The van der Waals surface area contributed by atoms with Crippen LogP contribution in [0, 0.1) is 11.7 Å². The second-order valence-electron chi connectivity index (χ2n) is 8.01. The van der Waals surface area contributed by atoms with Gasteiger partial charge in [0, 0.05) is 23.7 Å². The van der Waals surface area contributed by atoms with Gasteiger partial charge in [0.1, 0.15) is 5.82 Å². The summed E-state index contributed by atoms with van der Waals surface area (Å²) < 4.78 is 13.5. The van der Waals surface area contributed by atoms with Gasteiger partial charge in [-0.25, -0.2) is 9.37 Å². The van der Waals surface area contributed by atoms with Crippen LogP contribution in [0.2, 0.25) is 0 Å². The van der Waals surface area contributed by atoms with E-state index in [1.807, 2.05) is 12.4 Å². The van der Waals surface area contributed by atoms with Gasteiger partial charge in [-0.3, -0.25) is 4.79 Å². The van der Waals surface area contributed by atoms with E-state index in [9.17, 15) is 9.18 Å². The Morgan fingerprint density at radius 1 is 1.31 bits per heavy atom. The summed E-state index contributed by atoms with van der Waals surface area (Å²) >= 11 is 1.63. The van der Waals surface area contributed by atoms with E-state index in [0.29, 0.717) is 24.2 Å². The molecule has 1 atom stereocenters. The Hall–Kier alpha value is -1.99. The average molecular weight is 419 g/mol. The largest absolute Gasteiger partial charge is 0.345 e. The summed E-state index contributed by atoms with van der Waals surface area (Å²) in [6.45, 7) is 7.67. The molecule has 0 radical (unpaired) electrons. The number of hydrogen-bond donors (Lipinski definition) is 1. The van der Waals surface area contributed by atoms with E-state index < -0.39 is 0 Å². The summed E-state index contributed by atoms with van der Waals surface area (Å²) in [4.78, 5) is 22.2. The van der Waals surface area contributed by atoms with E-state index in [1.165, 1.54) is 25.0 Å². The summed E-state index contributed by atoms with van der Waals surface area (Å²) in [6, 6.07) is 6.41. The summed E-state index contributed by atoms with van der Waals surface area (Å²) in [7, 11) is 1.81. The zero-order valence-corrected chi connectivity index (χ0v) is 18.5. The van der Waals surface area contributed by atoms with Crippen LogP contribution in [0.15, 0.2) is 29.6 Å². The number of carbonyl (C=O) groups is 1. The summed E-state index contributed by atoms with van der Waals surface area (Å²) in [5.74, 6) is 0.0540. The predicted octanol–water partition coefficient (Wildman–Crippen LogP) is 4.44. The number of benzene rings is 1. The van der Waals surface area contributed by atoms with Crippen molar-refractivity contribution in [3.63, 3.8) is 0 Å². The van der Waals surface area contributed by atoms with Gasteiger partial charge in [-0.15, -0.1) is 11.3 Å². The molecule has 3 rings (SSSR count). The van der Waals surface area contributed by atoms with Crippen LogP contribution < -0.4 is 15.1 Å². The van der Waals surface area contributed by atoms with Crippen LogP contribution in [-0.4, -0.2) is 36.6 Å². The van der Waals surface area contributed by atoms with E-state index in [2.05, 4.69) is 31.0 Å². The number of aromatic nitrogens is 1. The molecule has 1 aliphatic rings. The first-order valence-electron chi connectivity index (χ1n) is 10.4. The highest BCUT2D eigenvalue weighted by molar-refractivity contribution is 7.13. The minimum atomic E-state index is -0.313. The van der Waals surface area contributed by atoms with Gasteiger partial charge in [0.05, 0.1) is 18.3 Å². The lowest BCUT2D eigenvalue weighted by Crippen LogP contribution is -2.46. The van der Waals surface area contributed by atoms with E-state index in [4.69, 9.17) is 4.98 Å². The summed E-state index contributed by atoms with van der Waals surface area (Å²) in [5, 5.41) is 6.19. The molecule has 0 aliphatic heterocycles. The Morgan fingerprint density at radius 3 is 2.55 bits per heavy atom. The molecular formula is C22H31FN4OS. The Labute approximate surface area is 176 Å². The number of carbonyl (C=O) groups excluding carboxylic acids is 1. The maximum Gasteiger partial charge on any atom is 0.244 e. The van der Waals surface area contributed by atoms with E-state index in [1.54, 1.807) is 28.4 Å². The second kappa shape index (κ2) is 9.67. The molecule has 0 saturated heterocycles. The number of likely N-dealkylation sites (N-methyl/N-ethyl adjacent to an activating group) is 1. The van der Waals surface area contributed by atoms with Gasteiger partial charge in [0.15, 0.2) is 5.13 Å². The quantitative estimate of drug-likeness (QED) is 0.620. The molecule has 1 aromatic heterocycles. The van der Waals surface area contributed by atoms with Gasteiger partial charge in [-0.05, 0) is 63.4 Å². The summed E-state index contributed by atoms with van der Waals surface area (Å²) in [6.07, 6.45) is 3.19. The molecule has 0 spiro atoms. The highest BCUT2D eigenvalue weighted by atomic mass is 32.1. The zero-order valence-electron chi connectivity index (χ0n) is 17.7. The molecule has 1 aromatic carbocycles. The van der Waals surface area contributed by atoms with Crippen molar-refractivity contribution in [3.8, 4) is 0 Å². The zero-order chi connectivity index (χ0) is 21.0. The monoisotopic (exact) mass is 418 g/mol. The maximum atomic E-state index is 13.5. The highest BCUT2D eigenvalue weighted by Gasteiger charge is 2.30. The number of amides is 1. The lowest BCUT2D eigenvalue weighted by Gasteiger charge is -2.28. The molecule has 2 aromatic rings. The Morgan fingerprint density at radius 2 is 2.00 bits per heavy atom. The Bertz CT molecular complexity index is 803. The molecule has 1 heterocycles. The normalized spacial score (nSPS) is 14.8. The van der Waals surface area contributed by atoms with Gasteiger partial charge < -0.3 is 15.1 Å². The third-order valence-electron chi connectivity index (χ3n) is 5.19. The van der Waals surface area contributed by atoms with Crippen molar-refractivity contribution >= 4 is 28.1 Å². The number of nitrogens with one attached hydrogen (secondary N) is 1. The third kappa shape index (κ3) is 5.54. The molecular weight excluding hydrogens is 387 g/mol. The van der Waals surface area contributed by atoms with Crippen LogP contribution in [0.25, 0.3) is 0 Å². The van der Waals surface area contributed by atoms with Crippen molar-refractivity contribution in [3.05, 3.63) is 41.2 Å². The van der Waals surface area contributed by atoms with Gasteiger partial charge in [0.25, 0.3) is 0 Å². The number of thiazole rings is 1. The molecule has 5 nitrogen and oxygen atoms in total. The molecule has 29 heavy (non-hydrogen) atoms. The minimum Gasteiger partial charge on any atom is -0.345 e. The SMILES string of the molecule is CCN(c1nc(CN(C(=O)C(CC(C)C)NC)c2ccc(F)cc2)cs1)C1CC1. The minimum absolute atomic E-state index is 0.0168. The number of rotatable bonds is 10. The van der Waals surface area contributed by atoms with E-state index in [0.717, 1.165) is 23.8 Å². The highest BCUT2D eigenvalue weighted by Crippen LogP contribution is 2.33. The first-order chi connectivity index (χ1) is 13.9. The Kier molecular flexibility index (Phi) is 7.24. The van der Waals surface area contributed by atoms with Crippen LogP contribution in [0.3, 0.4) is 0 Å². The number of nitrogens with zero attached hydrogens (tertiary/aromatic N) is 3. The lowest BCUT2D eigenvalue weighted by molar-refractivity contribution is -0.121. The van der Waals surface area contributed by atoms with Crippen molar-refractivity contribution in [1.29, 1.82) is 0 Å². The Balaban J connectivity index is 1.84. The van der Waals surface area contributed by atoms with Gasteiger partial charge in [-0.2, -0.15) is 0 Å². The fourth-order valence-corrected chi connectivity index (χ4v) is 4.47. The van der Waals surface area contributed by atoms with Crippen LogP contribution >= 0.6 is 11.3 Å². The topological polar surface area (TPSA) is 48.5 Å². The maximum absolute atomic E-state index is 13.5. The molecule has 0 bridgehead atoms. The number of anilines is 2. The lowest BCUT2D eigenvalue weighted by atomic mass is 10.0.